The molecule has 0 unspecified atom stereocenters. The first-order chi connectivity index (χ1) is 9.60. The summed E-state index contributed by atoms with van der Waals surface area (Å²) in [6, 6.07) is 5.85. The van der Waals surface area contributed by atoms with Crippen molar-refractivity contribution in [2.45, 2.75) is 39.2 Å². The largest absolute Gasteiger partial charge is 0.493 e. The Morgan fingerprint density at radius 3 is 2.95 bits per heavy atom. The van der Waals surface area contributed by atoms with Crippen molar-refractivity contribution in [1.82, 2.24) is 5.32 Å². The molecular formula is C15H20N2O3. The molecular weight excluding hydrogens is 256 g/mol. The van der Waals surface area contributed by atoms with E-state index in [9.17, 15) is 4.79 Å². The number of carbonyl (C=O) groups excluding carboxylic acids is 1. The fraction of sp³-hybridized carbons (Fsp3) is 0.467. The Kier molecular flexibility index (Phi) is 4.61. The third kappa shape index (κ3) is 3.50. The van der Waals surface area contributed by atoms with Crippen molar-refractivity contribution in [3.63, 3.8) is 0 Å². The van der Waals surface area contributed by atoms with E-state index in [-0.39, 0.29) is 11.9 Å². The summed E-state index contributed by atoms with van der Waals surface area (Å²) >= 11 is 0. The number of nitrogens with one attached hydrogen (secondary N) is 1. The Bertz CT molecular complexity index is 524. The molecule has 0 fully saturated rings. The number of nitrogens with zero attached hydrogens (tertiary/aromatic N) is 1. The number of benzene rings is 1. The summed E-state index contributed by atoms with van der Waals surface area (Å²) in [5.74, 6) is 0.746. The summed E-state index contributed by atoms with van der Waals surface area (Å²) in [4.78, 5) is 11.5. The molecule has 5 nitrogen and oxygen atoms in total. The van der Waals surface area contributed by atoms with Crippen molar-refractivity contribution >= 4 is 11.6 Å². The van der Waals surface area contributed by atoms with Gasteiger partial charge in [-0.1, -0.05) is 5.16 Å². The summed E-state index contributed by atoms with van der Waals surface area (Å²) in [6.45, 7) is 4.22. The van der Waals surface area contributed by atoms with Gasteiger partial charge in [0.05, 0.1) is 18.7 Å². The third-order valence-electron chi connectivity index (χ3n) is 3.19. The lowest BCUT2D eigenvalue weighted by atomic mass is 10.1. The Morgan fingerprint density at radius 2 is 2.25 bits per heavy atom. The van der Waals surface area contributed by atoms with E-state index < -0.39 is 0 Å². The van der Waals surface area contributed by atoms with Gasteiger partial charge in [0, 0.05) is 11.6 Å². The zero-order chi connectivity index (χ0) is 14.5. The van der Waals surface area contributed by atoms with Gasteiger partial charge in [-0.3, -0.25) is 4.79 Å². The molecule has 0 saturated heterocycles. The summed E-state index contributed by atoms with van der Waals surface area (Å²) in [5.41, 5.74) is 2.84. The van der Waals surface area contributed by atoms with E-state index in [4.69, 9.17) is 9.94 Å². The van der Waals surface area contributed by atoms with Crippen LogP contribution < -0.4 is 10.1 Å². The highest BCUT2D eigenvalue weighted by Crippen LogP contribution is 2.26. The number of rotatable bonds is 5. The molecule has 0 atom stereocenters. The first kappa shape index (κ1) is 14.4. The first-order valence-electron chi connectivity index (χ1n) is 6.86. The van der Waals surface area contributed by atoms with Gasteiger partial charge in [0.1, 0.15) is 5.75 Å². The molecule has 0 spiro atoms. The predicted molar refractivity (Wildman–Crippen MR) is 76.5 cm³/mol. The number of amides is 1. The Balaban J connectivity index is 1.88. The summed E-state index contributed by atoms with van der Waals surface area (Å²) in [5, 5.41) is 15.0. The van der Waals surface area contributed by atoms with E-state index in [1.54, 1.807) is 0 Å². The van der Waals surface area contributed by atoms with Crippen molar-refractivity contribution in [3.8, 4) is 5.75 Å². The normalized spacial score (nSPS) is 15.4. The Morgan fingerprint density at radius 1 is 1.45 bits per heavy atom. The number of fused-ring (bicyclic) bond motifs is 1. The molecule has 2 rings (SSSR count). The third-order valence-corrected chi connectivity index (χ3v) is 3.19. The quantitative estimate of drug-likeness (QED) is 0.639. The number of carbonyl (C=O) groups is 1. The second kappa shape index (κ2) is 6.41. The molecule has 0 aromatic heterocycles. The number of ether oxygens (including phenoxy) is 1. The van der Waals surface area contributed by atoms with E-state index in [1.807, 2.05) is 32.0 Å². The van der Waals surface area contributed by atoms with E-state index in [1.165, 1.54) is 0 Å². The van der Waals surface area contributed by atoms with Crippen molar-refractivity contribution in [2.24, 2.45) is 5.16 Å². The molecule has 1 amide bonds. The Hall–Kier alpha value is -2.04. The van der Waals surface area contributed by atoms with E-state index in [2.05, 4.69) is 10.5 Å². The fourth-order valence-electron chi connectivity index (χ4n) is 2.30. The van der Waals surface area contributed by atoms with Gasteiger partial charge >= 0.3 is 0 Å². The molecule has 1 aliphatic carbocycles. The summed E-state index contributed by atoms with van der Waals surface area (Å²) in [7, 11) is 0. The van der Waals surface area contributed by atoms with Crippen LogP contribution in [0.4, 0.5) is 0 Å². The molecule has 0 aliphatic heterocycles. The van der Waals surface area contributed by atoms with Gasteiger partial charge in [-0.25, -0.2) is 0 Å². The van der Waals surface area contributed by atoms with Crippen molar-refractivity contribution in [2.75, 3.05) is 6.61 Å². The van der Waals surface area contributed by atoms with Crippen LogP contribution in [0, 0.1) is 0 Å². The summed E-state index contributed by atoms with van der Waals surface area (Å²) < 4.78 is 5.59. The smallest absolute Gasteiger partial charge is 0.223 e. The maximum Gasteiger partial charge on any atom is 0.223 e. The van der Waals surface area contributed by atoms with Crippen molar-refractivity contribution in [1.29, 1.82) is 0 Å². The van der Waals surface area contributed by atoms with Gasteiger partial charge in [-0.15, -0.1) is 0 Å². The van der Waals surface area contributed by atoms with Crippen molar-refractivity contribution in [3.05, 3.63) is 29.3 Å². The van der Waals surface area contributed by atoms with Crippen LogP contribution in [0.25, 0.3) is 0 Å². The van der Waals surface area contributed by atoms with Crippen LogP contribution in [0.15, 0.2) is 23.4 Å². The standard InChI is InChI=1S/C15H20N2O3/c1-10(2)16-15(18)7-8-20-12-4-5-13-11(9-12)3-6-14(13)17-19/h4-5,9-10,19H,3,6-8H2,1-2H3,(H,16,18)/b17-14+. The topological polar surface area (TPSA) is 70.9 Å². The molecule has 0 radical (unpaired) electrons. The molecule has 1 aliphatic rings. The number of hydrogen-bond donors (Lipinski definition) is 2. The highest BCUT2D eigenvalue weighted by atomic mass is 16.5. The average molecular weight is 276 g/mol. The average Bonchev–Trinajstić information content (AvgIpc) is 2.80. The van der Waals surface area contributed by atoms with Gasteiger partial charge in [-0.05, 0) is 50.5 Å². The van der Waals surface area contributed by atoms with Gasteiger partial charge in [0.2, 0.25) is 5.91 Å². The van der Waals surface area contributed by atoms with E-state index in [0.717, 1.165) is 35.4 Å². The van der Waals surface area contributed by atoms with Crippen LogP contribution in [-0.4, -0.2) is 29.5 Å². The first-order valence-corrected chi connectivity index (χ1v) is 6.86. The molecule has 2 N–H and O–H groups in total. The number of hydrogen-bond acceptors (Lipinski definition) is 4. The molecule has 1 aromatic rings. The van der Waals surface area contributed by atoms with Gasteiger partial charge in [0.15, 0.2) is 0 Å². The SMILES string of the molecule is CC(C)NC(=O)CCOc1ccc2c(c1)CC/C2=N\O. The molecule has 108 valence electrons. The molecule has 20 heavy (non-hydrogen) atoms. The lowest BCUT2D eigenvalue weighted by Crippen LogP contribution is -2.31. The van der Waals surface area contributed by atoms with Gasteiger partial charge in [-0.2, -0.15) is 0 Å². The van der Waals surface area contributed by atoms with E-state index in [0.29, 0.717) is 13.0 Å². The van der Waals surface area contributed by atoms with Gasteiger partial charge < -0.3 is 15.3 Å². The molecule has 0 heterocycles. The number of oxime groups is 1. The monoisotopic (exact) mass is 276 g/mol. The highest BCUT2D eigenvalue weighted by Gasteiger charge is 2.18. The van der Waals surface area contributed by atoms with Crippen LogP contribution >= 0.6 is 0 Å². The Labute approximate surface area is 118 Å². The molecule has 0 bridgehead atoms. The minimum absolute atomic E-state index is 0.00383. The molecule has 1 aromatic carbocycles. The predicted octanol–water partition coefficient (Wildman–Crippen LogP) is 2.10. The van der Waals surface area contributed by atoms with Gasteiger partial charge in [0.25, 0.3) is 0 Å². The van der Waals surface area contributed by atoms with E-state index >= 15 is 0 Å². The second-order valence-electron chi connectivity index (χ2n) is 5.19. The zero-order valence-electron chi connectivity index (χ0n) is 11.8. The molecule has 0 saturated carbocycles. The minimum atomic E-state index is -0.00383. The fourth-order valence-corrected chi connectivity index (χ4v) is 2.30. The van der Waals surface area contributed by atoms with Crippen LogP contribution in [0.5, 0.6) is 5.75 Å². The second-order valence-corrected chi connectivity index (χ2v) is 5.19. The number of aryl methyl sites for hydroxylation is 1. The van der Waals surface area contributed by atoms with Crippen LogP contribution in [0.2, 0.25) is 0 Å². The van der Waals surface area contributed by atoms with Crippen LogP contribution in [0.3, 0.4) is 0 Å². The lowest BCUT2D eigenvalue weighted by molar-refractivity contribution is -0.122. The highest BCUT2D eigenvalue weighted by molar-refractivity contribution is 6.04. The zero-order valence-corrected chi connectivity index (χ0v) is 11.8. The maximum absolute atomic E-state index is 11.5. The molecule has 5 heteroatoms. The maximum atomic E-state index is 11.5. The summed E-state index contributed by atoms with van der Waals surface area (Å²) in [6.07, 6.45) is 1.96. The van der Waals surface area contributed by atoms with Crippen molar-refractivity contribution < 1.29 is 14.7 Å². The van der Waals surface area contributed by atoms with Crippen LogP contribution in [0.1, 0.15) is 37.8 Å². The lowest BCUT2D eigenvalue weighted by Gasteiger charge is -2.10. The minimum Gasteiger partial charge on any atom is -0.493 e. The van der Waals surface area contributed by atoms with Crippen LogP contribution in [-0.2, 0) is 11.2 Å².